The van der Waals surface area contributed by atoms with Crippen molar-refractivity contribution < 1.29 is 14.3 Å². The summed E-state index contributed by atoms with van der Waals surface area (Å²) in [5.74, 6) is -0.663. The summed E-state index contributed by atoms with van der Waals surface area (Å²) in [6.07, 6.45) is 0.231. The summed E-state index contributed by atoms with van der Waals surface area (Å²) in [4.78, 5) is 26.3. The van der Waals surface area contributed by atoms with E-state index < -0.39 is 0 Å². The zero-order valence-electron chi connectivity index (χ0n) is 16.3. The van der Waals surface area contributed by atoms with Gasteiger partial charge in [0.15, 0.2) is 0 Å². The number of rotatable bonds is 5. The molecule has 1 atom stereocenters. The Bertz CT molecular complexity index is 791. The summed E-state index contributed by atoms with van der Waals surface area (Å²) >= 11 is 0. The molecule has 0 aromatic heterocycles. The zero-order valence-corrected chi connectivity index (χ0v) is 16.3. The number of benzene rings is 2. The highest BCUT2D eigenvalue weighted by Crippen LogP contribution is 2.24. The lowest BCUT2D eigenvalue weighted by Crippen LogP contribution is -2.26. The average Bonchev–Trinajstić information content (AvgIpc) is 3.01. The maximum Gasteiger partial charge on any atom is 0.311 e. The summed E-state index contributed by atoms with van der Waals surface area (Å²) in [6, 6.07) is 18.0. The maximum absolute atomic E-state index is 12.4. The molecule has 1 aliphatic heterocycles. The van der Waals surface area contributed by atoms with Crippen LogP contribution in [0.25, 0.3) is 0 Å². The minimum atomic E-state index is -0.380. The van der Waals surface area contributed by atoms with Gasteiger partial charge in [-0.1, -0.05) is 75.4 Å². The first kappa shape index (κ1) is 19.2. The molecule has 0 spiro atoms. The summed E-state index contributed by atoms with van der Waals surface area (Å²) < 4.78 is 5.47. The third-order valence-corrected chi connectivity index (χ3v) is 4.97. The predicted molar refractivity (Wildman–Crippen MR) is 105 cm³/mol. The van der Waals surface area contributed by atoms with Crippen molar-refractivity contribution in [1.29, 1.82) is 0 Å². The fraction of sp³-hybridized carbons (Fsp3) is 0.391. The summed E-state index contributed by atoms with van der Waals surface area (Å²) in [5.41, 5.74) is 3.37. The highest BCUT2D eigenvalue weighted by molar-refractivity contribution is 5.86. The van der Waals surface area contributed by atoms with Gasteiger partial charge in [-0.25, -0.2) is 0 Å². The molecule has 1 heterocycles. The molecule has 0 unspecified atom stereocenters. The van der Waals surface area contributed by atoms with E-state index in [4.69, 9.17) is 4.74 Å². The van der Waals surface area contributed by atoms with Gasteiger partial charge in [0.25, 0.3) is 0 Å². The Kier molecular flexibility index (Phi) is 5.64. The Morgan fingerprint density at radius 2 is 1.70 bits per heavy atom. The van der Waals surface area contributed by atoms with Gasteiger partial charge in [-0.15, -0.1) is 0 Å². The molecule has 1 amide bonds. The van der Waals surface area contributed by atoms with Gasteiger partial charge in [0.2, 0.25) is 5.91 Å². The van der Waals surface area contributed by atoms with E-state index in [9.17, 15) is 9.59 Å². The van der Waals surface area contributed by atoms with E-state index in [0.717, 1.165) is 11.1 Å². The van der Waals surface area contributed by atoms with Crippen LogP contribution >= 0.6 is 0 Å². The van der Waals surface area contributed by atoms with Crippen LogP contribution in [0, 0.1) is 5.92 Å². The topological polar surface area (TPSA) is 46.6 Å². The minimum Gasteiger partial charge on any atom is -0.461 e. The summed E-state index contributed by atoms with van der Waals surface area (Å²) in [5, 5.41) is 0. The second kappa shape index (κ2) is 7.95. The van der Waals surface area contributed by atoms with E-state index in [1.807, 2.05) is 42.5 Å². The molecular weight excluding hydrogens is 338 g/mol. The number of carbonyl (C=O) groups is 2. The molecule has 1 saturated heterocycles. The lowest BCUT2D eigenvalue weighted by Gasteiger charge is -2.19. The number of likely N-dealkylation sites (tertiary alicyclic amines) is 1. The molecule has 142 valence electrons. The molecule has 4 heteroatoms. The van der Waals surface area contributed by atoms with Gasteiger partial charge in [-0.2, -0.15) is 0 Å². The fourth-order valence-electron chi connectivity index (χ4n) is 3.26. The van der Waals surface area contributed by atoms with E-state index in [1.165, 1.54) is 5.56 Å². The van der Waals surface area contributed by atoms with Crippen molar-refractivity contribution in [3.63, 3.8) is 0 Å². The van der Waals surface area contributed by atoms with E-state index in [2.05, 4.69) is 32.9 Å². The molecule has 2 aromatic carbocycles. The van der Waals surface area contributed by atoms with E-state index in [0.29, 0.717) is 13.1 Å². The Morgan fingerprint density at radius 3 is 2.33 bits per heavy atom. The van der Waals surface area contributed by atoms with E-state index >= 15 is 0 Å². The number of esters is 1. The SMILES string of the molecule is CC(C)(C)c1ccc(COC(=O)[C@H]2CC(=O)N(Cc3ccccc3)C2)cc1. The van der Waals surface area contributed by atoms with Crippen molar-refractivity contribution in [1.82, 2.24) is 4.90 Å². The monoisotopic (exact) mass is 365 g/mol. The molecule has 3 rings (SSSR count). The maximum atomic E-state index is 12.4. The molecule has 0 bridgehead atoms. The van der Waals surface area contributed by atoms with Crippen LogP contribution < -0.4 is 0 Å². The number of nitrogens with zero attached hydrogens (tertiary/aromatic N) is 1. The number of ether oxygens (including phenoxy) is 1. The third kappa shape index (κ3) is 4.97. The average molecular weight is 365 g/mol. The first-order valence-corrected chi connectivity index (χ1v) is 9.40. The van der Waals surface area contributed by atoms with Crippen molar-refractivity contribution in [3.05, 3.63) is 71.3 Å². The highest BCUT2D eigenvalue weighted by atomic mass is 16.5. The van der Waals surface area contributed by atoms with Gasteiger partial charge in [0.1, 0.15) is 6.61 Å². The third-order valence-electron chi connectivity index (χ3n) is 4.97. The van der Waals surface area contributed by atoms with E-state index in [1.54, 1.807) is 4.90 Å². The van der Waals surface area contributed by atoms with Crippen LogP contribution in [0.1, 0.15) is 43.9 Å². The van der Waals surface area contributed by atoms with Crippen molar-refractivity contribution in [2.24, 2.45) is 5.92 Å². The molecule has 2 aromatic rings. The molecule has 27 heavy (non-hydrogen) atoms. The van der Waals surface area contributed by atoms with Crippen molar-refractivity contribution >= 4 is 11.9 Å². The van der Waals surface area contributed by atoms with Crippen LogP contribution in [0.3, 0.4) is 0 Å². The van der Waals surface area contributed by atoms with Crippen molar-refractivity contribution in [2.45, 2.75) is 45.8 Å². The number of hydrogen-bond donors (Lipinski definition) is 0. The first-order chi connectivity index (χ1) is 12.8. The van der Waals surface area contributed by atoms with Crippen LogP contribution in [-0.2, 0) is 32.9 Å². The smallest absolute Gasteiger partial charge is 0.311 e. The number of hydrogen-bond acceptors (Lipinski definition) is 3. The quantitative estimate of drug-likeness (QED) is 0.750. The van der Waals surface area contributed by atoms with Gasteiger partial charge in [0, 0.05) is 19.5 Å². The molecule has 1 fully saturated rings. The van der Waals surface area contributed by atoms with Gasteiger partial charge in [-0.05, 0) is 22.1 Å². The van der Waals surface area contributed by atoms with Crippen molar-refractivity contribution in [3.8, 4) is 0 Å². The van der Waals surface area contributed by atoms with Crippen LogP contribution in [0.15, 0.2) is 54.6 Å². The predicted octanol–water partition coefficient (Wildman–Crippen LogP) is 4.08. The molecule has 1 aliphatic rings. The minimum absolute atomic E-state index is 0.00957. The molecule has 0 aliphatic carbocycles. The van der Waals surface area contributed by atoms with Crippen LogP contribution in [0.4, 0.5) is 0 Å². The van der Waals surface area contributed by atoms with Crippen LogP contribution in [-0.4, -0.2) is 23.3 Å². The standard InChI is InChI=1S/C23H27NO3/c1-23(2,3)20-11-9-18(10-12-20)16-27-22(26)19-13-21(25)24(15-19)14-17-7-5-4-6-8-17/h4-12,19H,13-16H2,1-3H3/t19-/m0/s1. The highest BCUT2D eigenvalue weighted by Gasteiger charge is 2.35. The molecule has 0 N–H and O–H groups in total. The fourth-order valence-corrected chi connectivity index (χ4v) is 3.26. The Labute approximate surface area is 161 Å². The second-order valence-corrected chi connectivity index (χ2v) is 8.22. The van der Waals surface area contributed by atoms with Crippen LogP contribution in [0.2, 0.25) is 0 Å². The second-order valence-electron chi connectivity index (χ2n) is 8.22. The van der Waals surface area contributed by atoms with Crippen molar-refractivity contribution in [2.75, 3.05) is 6.54 Å². The zero-order chi connectivity index (χ0) is 19.4. The normalized spacial score (nSPS) is 17.2. The Balaban J connectivity index is 1.52. The van der Waals surface area contributed by atoms with Gasteiger partial charge in [-0.3, -0.25) is 9.59 Å². The Hall–Kier alpha value is -2.62. The summed E-state index contributed by atoms with van der Waals surface area (Å²) in [6.45, 7) is 7.71. The number of amides is 1. The van der Waals surface area contributed by atoms with Gasteiger partial charge < -0.3 is 9.64 Å². The lowest BCUT2D eigenvalue weighted by molar-refractivity contribution is -0.149. The molecule has 0 radical (unpaired) electrons. The van der Waals surface area contributed by atoms with Gasteiger partial charge >= 0.3 is 5.97 Å². The summed E-state index contributed by atoms with van der Waals surface area (Å²) in [7, 11) is 0. The molecule has 0 saturated carbocycles. The lowest BCUT2D eigenvalue weighted by atomic mass is 9.87. The van der Waals surface area contributed by atoms with E-state index in [-0.39, 0.29) is 36.2 Å². The molecule has 4 nitrogen and oxygen atoms in total. The Morgan fingerprint density at radius 1 is 1.04 bits per heavy atom. The van der Waals surface area contributed by atoms with Gasteiger partial charge in [0.05, 0.1) is 5.92 Å². The molecular formula is C23H27NO3. The van der Waals surface area contributed by atoms with Crippen LogP contribution in [0.5, 0.6) is 0 Å². The largest absolute Gasteiger partial charge is 0.461 e. The number of carbonyl (C=O) groups excluding carboxylic acids is 2. The first-order valence-electron chi connectivity index (χ1n) is 9.40.